The molecule has 0 aromatic heterocycles. The van der Waals surface area contributed by atoms with Crippen molar-refractivity contribution < 1.29 is 17.6 Å². The Balaban J connectivity index is 0.00000256. The van der Waals surface area contributed by atoms with Crippen LogP contribution in [0.4, 0.5) is 17.6 Å². The first-order chi connectivity index (χ1) is 7.22. The van der Waals surface area contributed by atoms with E-state index >= 15 is 0 Å². The molecule has 17 heavy (non-hydrogen) atoms. The molecule has 0 unspecified atom stereocenters. The van der Waals surface area contributed by atoms with Crippen molar-refractivity contribution in [2.45, 2.75) is 18.6 Å². The molecular weight excluding hydrogens is 304 g/mol. The Kier molecular flexibility index (Phi) is 6.01. The van der Waals surface area contributed by atoms with Crippen LogP contribution in [0.3, 0.4) is 0 Å². The van der Waals surface area contributed by atoms with Crippen molar-refractivity contribution in [3.05, 3.63) is 33.6 Å². The molecule has 0 aliphatic heterocycles. The van der Waals surface area contributed by atoms with Crippen molar-refractivity contribution in [1.29, 1.82) is 0 Å². The van der Waals surface area contributed by atoms with Crippen molar-refractivity contribution in [2.24, 2.45) is 5.73 Å². The smallest absolute Gasteiger partial charge is 0.324 e. The molecule has 0 spiro atoms. The second-order valence-electron chi connectivity index (χ2n) is 3.18. The monoisotopic (exact) mass is 311 g/mol. The lowest BCUT2D eigenvalue weighted by Crippen LogP contribution is -2.21. The Morgan fingerprint density at radius 2 is 1.65 bits per heavy atom. The van der Waals surface area contributed by atoms with Gasteiger partial charge >= 0.3 is 6.18 Å². The zero-order chi connectivity index (χ0) is 12.5. The molecule has 98 valence electrons. The first kappa shape index (κ1) is 16.8. The molecule has 0 aliphatic carbocycles. The van der Waals surface area contributed by atoms with Gasteiger partial charge < -0.3 is 5.73 Å². The first-order valence-electron chi connectivity index (χ1n) is 4.18. The second-order valence-corrected chi connectivity index (χ2v) is 4.00. The van der Waals surface area contributed by atoms with Gasteiger partial charge in [0, 0.05) is 16.6 Å². The van der Waals surface area contributed by atoms with Crippen LogP contribution in [-0.2, 0) is 0 Å². The van der Waals surface area contributed by atoms with Crippen LogP contribution in [0, 0.1) is 5.82 Å². The third kappa shape index (κ3) is 4.50. The molecule has 0 aliphatic rings. The highest BCUT2D eigenvalue weighted by Gasteiger charge is 2.33. The van der Waals surface area contributed by atoms with E-state index in [1.807, 2.05) is 0 Å². The van der Waals surface area contributed by atoms with Gasteiger partial charge in [-0.3, -0.25) is 0 Å². The lowest BCUT2D eigenvalue weighted by molar-refractivity contribution is -0.138. The van der Waals surface area contributed by atoms with E-state index < -0.39 is 30.0 Å². The largest absolute Gasteiger partial charge is 0.390 e. The molecule has 0 fully saturated rings. The van der Waals surface area contributed by atoms with Crippen LogP contribution in [0.1, 0.15) is 18.0 Å². The Hall–Kier alpha value is -0.230. The molecular formula is C9H8Cl3F4N. The molecule has 0 amide bonds. The third-order valence-electron chi connectivity index (χ3n) is 1.90. The summed E-state index contributed by atoms with van der Waals surface area (Å²) in [5.41, 5.74) is 4.84. The minimum Gasteiger partial charge on any atom is -0.324 e. The van der Waals surface area contributed by atoms with E-state index in [2.05, 4.69) is 0 Å². The highest BCUT2D eigenvalue weighted by Crippen LogP contribution is 2.35. The molecule has 1 rings (SSSR count). The number of hydrogen-bond acceptors (Lipinski definition) is 1. The van der Waals surface area contributed by atoms with Crippen LogP contribution in [0.2, 0.25) is 10.0 Å². The first-order valence-corrected chi connectivity index (χ1v) is 4.93. The van der Waals surface area contributed by atoms with E-state index in [1.165, 1.54) is 6.07 Å². The Morgan fingerprint density at radius 1 is 1.18 bits per heavy atom. The minimum atomic E-state index is -4.49. The van der Waals surface area contributed by atoms with Gasteiger partial charge in [-0.2, -0.15) is 13.2 Å². The van der Waals surface area contributed by atoms with E-state index in [9.17, 15) is 17.6 Å². The van der Waals surface area contributed by atoms with E-state index in [1.54, 1.807) is 0 Å². The summed E-state index contributed by atoms with van der Waals surface area (Å²) < 4.78 is 49.7. The number of alkyl halides is 3. The van der Waals surface area contributed by atoms with Gasteiger partial charge in [-0.1, -0.05) is 23.2 Å². The fourth-order valence-corrected chi connectivity index (χ4v) is 1.68. The zero-order valence-electron chi connectivity index (χ0n) is 8.19. The van der Waals surface area contributed by atoms with Gasteiger partial charge in [0.25, 0.3) is 0 Å². The fraction of sp³-hybridized carbons (Fsp3) is 0.333. The standard InChI is InChI=1S/C9H7Cl2F4N.ClH/c10-4-1-2-5(11)8(12)7(4)6(16)3-9(13,14)15;/h1-2,6H,3,16H2;1H/t6-;/m0./s1. The van der Waals surface area contributed by atoms with Gasteiger partial charge in [-0.05, 0) is 12.1 Å². The van der Waals surface area contributed by atoms with Crippen LogP contribution in [0.25, 0.3) is 0 Å². The van der Waals surface area contributed by atoms with Crippen LogP contribution in [0.5, 0.6) is 0 Å². The molecule has 0 saturated carbocycles. The predicted octanol–water partition coefficient (Wildman–Crippen LogP) is 4.51. The average Bonchev–Trinajstić information content (AvgIpc) is 2.09. The maximum absolute atomic E-state index is 13.4. The summed E-state index contributed by atoms with van der Waals surface area (Å²) in [6.07, 6.45) is -5.85. The fourth-order valence-electron chi connectivity index (χ4n) is 1.23. The molecule has 1 aromatic carbocycles. The lowest BCUT2D eigenvalue weighted by Gasteiger charge is -2.16. The predicted molar refractivity (Wildman–Crippen MR) is 61.3 cm³/mol. The van der Waals surface area contributed by atoms with Gasteiger partial charge in [0.1, 0.15) is 5.82 Å². The van der Waals surface area contributed by atoms with E-state index in [-0.39, 0.29) is 22.5 Å². The van der Waals surface area contributed by atoms with Gasteiger partial charge in [0.05, 0.1) is 11.4 Å². The molecule has 8 heteroatoms. The van der Waals surface area contributed by atoms with Gasteiger partial charge in [0.15, 0.2) is 0 Å². The molecule has 1 atom stereocenters. The maximum atomic E-state index is 13.4. The highest BCUT2D eigenvalue weighted by molar-refractivity contribution is 6.33. The number of hydrogen-bond donors (Lipinski definition) is 1. The van der Waals surface area contributed by atoms with E-state index in [0.29, 0.717) is 0 Å². The highest BCUT2D eigenvalue weighted by atomic mass is 35.5. The summed E-state index contributed by atoms with van der Waals surface area (Å²) in [5.74, 6) is -1.01. The Bertz CT molecular complexity index is 395. The minimum absolute atomic E-state index is 0. The lowest BCUT2D eigenvalue weighted by atomic mass is 10.0. The van der Waals surface area contributed by atoms with E-state index in [0.717, 1.165) is 6.07 Å². The van der Waals surface area contributed by atoms with E-state index in [4.69, 9.17) is 28.9 Å². The zero-order valence-corrected chi connectivity index (χ0v) is 10.5. The summed E-state index contributed by atoms with van der Waals surface area (Å²) in [6.45, 7) is 0. The molecule has 0 saturated heterocycles. The number of halogens is 7. The summed E-state index contributed by atoms with van der Waals surface area (Å²) >= 11 is 11.0. The topological polar surface area (TPSA) is 26.0 Å². The third-order valence-corrected chi connectivity index (χ3v) is 2.52. The van der Waals surface area contributed by atoms with Crippen molar-refractivity contribution in [1.82, 2.24) is 0 Å². The van der Waals surface area contributed by atoms with Crippen molar-refractivity contribution >= 4 is 35.6 Å². The molecule has 1 nitrogen and oxygen atoms in total. The van der Waals surface area contributed by atoms with Crippen LogP contribution in [0.15, 0.2) is 12.1 Å². The summed E-state index contributed by atoms with van der Waals surface area (Å²) in [6, 6.07) is 0.799. The SMILES string of the molecule is Cl.N[C@@H](CC(F)(F)F)c1c(Cl)ccc(Cl)c1F. The van der Waals surface area contributed by atoms with Crippen LogP contribution < -0.4 is 5.73 Å². The number of rotatable bonds is 2. The normalized spacial score (nSPS) is 13.1. The van der Waals surface area contributed by atoms with Gasteiger partial charge in [-0.25, -0.2) is 4.39 Å². The van der Waals surface area contributed by atoms with Crippen molar-refractivity contribution in [3.8, 4) is 0 Å². The summed E-state index contributed by atoms with van der Waals surface area (Å²) in [4.78, 5) is 0. The number of nitrogens with two attached hydrogens (primary N) is 1. The number of benzene rings is 1. The van der Waals surface area contributed by atoms with Gasteiger partial charge in [0.2, 0.25) is 0 Å². The molecule has 2 N–H and O–H groups in total. The molecule has 0 heterocycles. The second kappa shape index (κ2) is 6.09. The Morgan fingerprint density at radius 3 is 2.12 bits per heavy atom. The maximum Gasteiger partial charge on any atom is 0.390 e. The van der Waals surface area contributed by atoms with Crippen molar-refractivity contribution in [2.75, 3.05) is 0 Å². The summed E-state index contributed by atoms with van der Waals surface area (Å²) in [5, 5.41) is -0.476. The quantitative estimate of drug-likeness (QED) is 0.631. The molecule has 0 bridgehead atoms. The van der Waals surface area contributed by atoms with Crippen molar-refractivity contribution in [3.63, 3.8) is 0 Å². The average molecular weight is 313 g/mol. The van der Waals surface area contributed by atoms with Gasteiger partial charge in [-0.15, -0.1) is 12.4 Å². The summed E-state index contributed by atoms with van der Waals surface area (Å²) in [7, 11) is 0. The van der Waals surface area contributed by atoms with Crippen LogP contribution >= 0.6 is 35.6 Å². The molecule has 0 radical (unpaired) electrons. The van der Waals surface area contributed by atoms with Crippen LogP contribution in [-0.4, -0.2) is 6.18 Å². The molecule has 1 aromatic rings. The Labute approximate surface area is 111 Å².